The van der Waals surface area contributed by atoms with Crippen LogP contribution in [-0.2, 0) is 5.41 Å². The summed E-state index contributed by atoms with van der Waals surface area (Å²) in [5.74, 6) is 0. The molecule has 1 aromatic heterocycles. The van der Waals surface area contributed by atoms with Crippen LogP contribution in [-0.4, -0.2) is 10.1 Å². The smallest absolute Gasteiger partial charge is 0.0931 e. The summed E-state index contributed by atoms with van der Waals surface area (Å²) in [6, 6.07) is 5.78. The minimum atomic E-state index is -0.484. The third-order valence-electron chi connectivity index (χ3n) is 1.97. The van der Waals surface area contributed by atoms with Gasteiger partial charge in [-0.2, -0.15) is 0 Å². The Balaban J connectivity index is 3.06. The Labute approximate surface area is 79.6 Å². The van der Waals surface area contributed by atoms with Gasteiger partial charge in [0.1, 0.15) is 0 Å². The minimum absolute atomic E-state index is 0.0465. The van der Waals surface area contributed by atoms with Gasteiger partial charge in [0, 0.05) is 11.1 Å². The summed E-state index contributed by atoms with van der Waals surface area (Å²) in [6.45, 7) is 8.07. The van der Waals surface area contributed by atoms with Gasteiger partial charge in [-0.1, -0.05) is 26.8 Å². The normalized spacial score (nSPS) is 14.2. The SMILES string of the molecule is CC(O)c1cccc(C(C)(C)C)n1. The van der Waals surface area contributed by atoms with Crippen LogP contribution in [0.5, 0.6) is 0 Å². The van der Waals surface area contributed by atoms with E-state index in [0.717, 1.165) is 11.4 Å². The molecule has 2 nitrogen and oxygen atoms in total. The summed E-state index contributed by atoms with van der Waals surface area (Å²) < 4.78 is 0. The Morgan fingerprint density at radius 1 is 1.31 bits per heavy atom. The van der Waals surface area contributed by atoms with Crippen LogP contribution in [0.25, 0.3) is 0 Å². The fraction of sp³-hybridized carbons (Fsp3) is 0.545. The topological polar surface area (TPSA) is 33.1 Å². The van der Waals surface area contributed by atoms with Crippen LogP contribution in [0.15, 0.2) is 18.2 Å². The lowest BCUT2D eigenvalue weighted by molar-refractivity contribution is 0.193. The van der Waals surface area contributed by atoms with Crippen molar-refractivity contribution in [2.24, 2.45) is 0 Å². The van der Waals surface area contributed by atoms with E-state index in [1.165, 1.54) is 0 Å². The maximum absolute atomic E-state index is 9.35. The van der Waals surface area contributed by atoms with E-state index in [-0.39, 0.29) is 5.41 Å². The van der Waals surface area contributed by atoms with Crippen LogP contribution in [0.1, 0.15) is 45.2 Å². The molecule has 72 valence electrons. The maximum atomic E-state index is 9.35. The molecular weight excluding hydrogens is 162 g/mol. The zero-order valence-electron chi connectivity index (χ0n) is 8.70. The van der Waals surface area contributed by atoms with Gasteiger partial charge in [0.05, 0.1) is 11.8 Å². The second kappa shape index (κ2) is 3.46. The van der Waals surface area contributed by atoms with Crippen molar-refractivity contribution in [1.82, 2.24) is 4.98 Å². The van der Waals surface area contributed by atoms with Crippen LogP contribution in [0.2, 0.25) is 0 Å². The molecule has 1 heterocycles. The predicted octanol–water partition coefficient (Wildman–Crippen LogP) is 2.43. The molecule has 0 aliphatic rings. The summed E-state index contributed by atoms with van der Waals surface area (Å²) in [6.07, 6.45) is -0.484. The molecule has 0 saturated carbocycles. The number of aliphatic hydroxyl groups is 1. The van der Waals surface area contributed by atoms with E-state index < -0.39 is 6.10 Å². The van der Waals surface area contributed by atoms with Crippen LogP contribution in [0, 0.1) is 0 Å². The maximum Gasteiger partial charge on any atom is 0.0931 e. The lowest BCUT2D eigenvalue weighted by Gasteiger charge is -2.18. The van der Waals surface area contributed by atoms with Crippen molar-refractivity contribution in [3.63, 3.8) is 0 Å². The van der Waals surface area contributed by atoms with E-state index in [0.29, 0.717) is 0 Å². The Morgan fingerprint density at radius 3 is 2.38 bits per heavy atom. The van der Waals surface area contributed by atoms with E-state index in [1.54, 1.807) is 6.92 Å². The molecule has 0 amide bonds. The molecule has 0 aliphatic carbocycles. The van der Waals surface area contributed by atoms with E-state index in [1.807, 2.05) is 18.2 Å². The first-order valence-electron chi connectivity index (χ1n) is 4.57. The lowest BCUT2D eigenvalue weighted by Crippen LogP contribution is -2.14. The minimum Gasteiger partial charge on any atom is -0.387 e. The Kier molecular flexibility index (Phi) is 2.71. The number of rotatable bonds is 1. The van der Waals surface area contributed by atoms with Crippen molar-refractivity contribution in [2.45, 2.75) is 39.2 Å². The summed E-state index contributed by atoms with van der Waals surface area (Å²) >= 11 is 0. The molecule has 1 atom stereocenters. The first-order valence-corrected chi connectivity index (χ1v) is 4.57. The van der Waals surface area contributed by atoms with Gasteiger partial charge in [-0.15, -0.1) is 0 Å². The molecule has 0 aromatic carbocycles. The van der Waals surface area contributed by atoms with Crippen molar-refractivity contribution in [3.8, 4) is 0 Å². The highest BCUT2D eigenvalue weighted by molar-refractivity contribution is 5.18. The molecule has 13 heavy (non-hydrogen) atoms. The zero-order chi connectivity index (χ0) is 10.1. The molecular formula is C11H17NO. The molecule has 1 N–H and O–H groups in total. The molecule has 0 spiro atoms. The van der Waals surface area contributed by atoms with Crippen LogP contribution in [0.4, 0.5) is 0 Å². The van der Waals surface area contributed by atoms with Crippen LogP contribution >= 0.6 is 0 Å². The largest absolute Gasteiger partial charge is 0.387 e. The van der Waals surface area contributed by atoms with E-state index in [2.05, 4.69) is 25.8 Å². The fourth-order valence-corrected chi connectivity index (χ4v) is 1.10. The first-order chi connectivity index (χ1) is 5.91. The Hall–Kier alpha value is -0.890. The fourth-order valence-electron chi connectivity index (χ4n) is 1.10. The Bertz CT molecular complexity index is 286. The van der Waals surface area contributed by atoms with Crippen LogP contribution in [0.3, 0.4) is 0 Å². The molecule has 0 fully saturated rings. The highest BCUT2D eigenvalue weighted by atomic mass is 16.3. The van der Waals surface area contributed by atoms with Crippen molar-refractivity contribution in [1.29, 1.82) is 0 Å². The Morgan fingerprint density at radius 2 is 1.92 bits per heavy atom. The van der Waals surface area contributed by atoms with Crippen molar-refractivity contribution in [3.05, 3.63) is 29.6 Å². The lowest BCUT2D eigenvalue weighted by atomic mass is 9.91. The first kappa shape index (κ1) is 10.2. The second-order valence-corrected chi connectivity index (χ2v) is 4.37. The number of aliphatic hydroxyl groups excluding tert-OH is 1. The molecule has 0 aliphatic heterocycles. The number of pyridine rings is 1. The van der Waals surface area contributed by atoms with Gasteiger partial charge in [0.25, 0.3) is 0 Å². The van der Waals surface area contributed by atoms with Crippen molar-refractivity contribution in [2.75, 3.05) is 0 Å². The predicted molar refractivity (Wildman–Crippen MR) is 53.6 cm³/mol. The van der Waals surface area contributed by atoms with Crippen LogP contribution < -0.4 is 0 Å². The molecule has 0 radical (unpaired) electrons. The van der Waals surface area contributed by atoms with Crippen molar-refractivity contribution < 1.29 is 5.11 Å². The summed E-state index contributed by atoms with van der Waals surface area (Å²) in [5.41, 5.74) is 1.81. The van der Waals surface area contributed by atoms with E-state index in [4.69, 9.17) is 0 Å². The summed E-state index contributed by atoms with van der Waals surface area (Å²) in [5, 5.41) is 9.35. The van der Waals surface area contributed by atoms with Gasteiger partial charge in [0.15, 0.2) is 0 Å². The third-order valence-corrected chi connectivity index (χ3v) is 1.97. The highest BCUT2D eigenvalue weighted by Gasteiger charge is 2.16. The molecule has 1 aromatic rings. The monoisotopic (exact) mass is 179 g/mol. The molecule has 0 saturated heterocycles. The number of hydrogen-bond acceptors (Lipinski definition) is 2. The second-order valence-electron chi connectivity index (χ2n) is 4.37. The van der Waals surface area contributed by atoms with E-state index in [9.17, 15) is 5.11 Å². The quantitative estimate of drug-likeness (QED) is 0.718. The third kappa shape index (κ3) is 2.52. The van der Waals surface area contributed by atoms with Gasteiger partial charge in [-0.25, -0.2) is 0 Å². The molecule has 1 rings (SSSR count). The number of hydrogen-bond donors (Lipinski definition) is 1. The van der Waals surface area contributed by atoms with Gasteiger partial charge in [-0.3, -0.25) is 4.98 Å². The van der Waals surface area contributed by atoms with Gasteiger partial charge in [0.2, 0.25) is 0 Å². The summed E-state index contributed by atoms with van der Waals surface area (Å²) in [7, 11) is 0. The standard InChI is InChI=1S/C11H17NO/c1-8(13)9-6-5-7-10(12-9)11(2,3)4/h5-8,13H,1-4H3. The number of nitrogens with zero attached hydrogens (tertiary/aromatic N) is 1. The highest BCUT2D eigenvalue weighted by Crippen LogP contribution is 2.21. The number of aromatic nitrogens is 1. The molecule has 0 bridgehead atoms. The molecule has 2 heteroatoms. The average molecular weight is 179 g/mol. The van der Waals surface area contributed by atoms with E-state index >= 15 is 0 Å². The molecule has 1 unspecified atom stereocenters. The average Bonchev–Trinajstić information content (AvgIpc) is 2.03. The van der Waals surface area contributed by atoms with Gasteiger partial charge in [-0.05, 0) is 19.1 Å². The van der Waals surface area contributed by atoms with Crippen molar-refractivity contribution >= 4 is 0 Å². The summed E-state index contributed by atoms with van der Waals surface area (Å²) in [4.78, 5) is 4.39. The van der Waals surface area contributed by atoms with Gasteiger partial charge >= 0.3 is 0 Å². The van der Waals surface area contributed by atoms with Gasteiger partial charge < -0.3 is 5.11 Å². The zero-order valence-corrected chi connectivity index (χ0v) is 8.70.